The number of amides is 1. The Morgan fingerprint density at radius 1 is 1.22 bits per heavy atom. The molecule has 1 N–H and O–H groups in total. The molecule has 6 heteroatoms. The van der Waals surface area contributed by atoms with E-state index in [1.807, 2.05) is 24.3 Å². The minimum absolute atomic E-state index is 0.264. The Kier molecular flexibility index (Phi) is 5.30. The van der Waals surface area contributed by atoms with Crippen molar-refractivity contribution in [3.05, 3.63) is 47.7 Å². The summed E-state index contributed by atoms with van der Waals surface area (Å²) in [6.45, 7) is 1.35. The molecule has 0 saturated heterocycles. The van der Waals surface area contributed by atoms with Gasteiger partial charge in [-0.3, -0.25) is 9.59 Å². The van der Waals surface area contributed by atoms with Crippen molar-refractivity contribution in [2.75, 3.05) is 7.11 Å². The Morgan fingerprint density at radius 2 is 1.91 bits per heavy atom. The number of aldehydes is 1. The van der Waals surface area contributed by atoms with Crippen LogP contribution in [0.5, 0.6) is 0 Å². The van der Waals surface area contributed by atoms with Crippen LogP contribution in [0.3, 0.4) is 0 Å². The third-order valence-electron chi connectivity index (χ3n) is 3.28. The number of methoxy groups -OCH3 is 1. The van der Waals surface area contributed by atoms with Crippen LogP contribution in [0, 0.1) is 0 Å². The molecule has 2 aromatic rings. The molecule has 1 unspecified atom stereocenters. The highest BCUT2D eigenvalue weighted by Gasteiger charge is 2.20. The zero-order valence-electron chi connectivity index (χ0n) is 12.9. The van der Waals surface area contributed by atoms with Gasteiger partial charge in [0.2, 0.25) is 5.91 Å². The van der Waals surface area contributed by atoms with Crippen LogP contribution in [-0.4, -0.2) is 31.3 Å². The van der Waals surface area contributed by atoms with E-state index in [9.17, 15) is 14.4 Å². The molecule has 0 fully saturated rings. The van der Waals surface area contributed by atoms with Gasteiger partial charge in [0.25, 0.3) is 0 Å². The summed E-state index contributed by atoms with van der Waals surface area (Å²) in [5.41, 5.74) is 1.68. The van der Waals surface area contributed by atoms with Gasteiger partial charge in [-0.25, -0.2) is 4.79 Å². The summed E-state index contributed by atoms with van der Waals surface area (Å²) in [5.74, 6) is 0.0606. The Balaban J connectivity index is 2.12. The van der Waals surface area contributed by atoms with Crippen molar-refractivity contribution in [1.82, 2.24) is 5.32 Å². The summed E-state index contributed by atoms with van der Waals surface area (Å²) in [7, 11) is 1.28. The van der Waals surface area contributed by atoms with Crippen molar-refractivity contribution >= 4 is 18.2 Å². The zero-order valence-corrected chi connectivity index (χ0v) is 12.9. The van der Waals surface area contributed by atoms with Crippen LogP contribution in [0.25, 0.3) is 11.3 Å². The van der Waals surface area contributed by atoms with E-state index in [0.29, 0.717) is 18.5 Å². The van der Waals surface area contributed by atoms with Gasteiger partial charge in [-0.1, -0.05) is 24.3 Å². The van der Waals surface area contributed by atoms with Crippen molar-refractivity contribution < 1.29 is 23.5 Å². The summed E-state index contributed by atoms with van der Waals surface area (Å²) in [5, 5.41) is 2.57. The van der Waals surface area contributed by atoms with Gasteiger partial charge in [-0.15, -0.1) is 0 Å². The minimum Gasteiger partial charge on any atom is -0.467 e. The van der Waals surface area contributed by atoms with Crippen LogP contribution in [-0.2, 0) is 20.7 Å². The minimum atomic E-state index is -0.728. The molecule has 1 amide bonds. The molecular weight excluding hydrogens is 298 g/mol. The molecule has 23 heavy (non-hydrogen) atoms. The van der Waals surface area contributed by atoms with Gasteiger partial charge in [0.05, 0.1) is 7.11 Å². The van der Waals surface area contributed by atoms with E-state index in [1.54, 1.807) is 12.1 Å². The fourth-order valence-electron chi connectivity index (χ4n) is 2.19. The second-order valence-corrected chi connectivity index (χ2v) is 5.00. The topological polar surface area (TPSA) is 85.6 Å². The highest BCUT2D eigenvalue weighted by atomic mass is 16.5. The molecule has 1 aromatic carbocycles. The van der Waals surface area contributed by atoms with Gasteiger partial charge in [-0.05, 0) is 17.7 Å². The highest BCUT2D eigenvalue weighted by molar-refractivity contribution is 5.83. The first-order valence-electron chi connectivity index (χ1n) is 7.02. The quantitative estimate of drug-likeness (QED) is 0.651. The summed E-state index contributed by atoms with van der Waals surface area (Å²) >= 11 is 0. The molecule has 1 aromatic heterocycles. The van der Waals surface area contributed by atoms with E-state index in [2.05, 4.69) is 5.32 Å². The summed E-state index contributed by atoms with van der Waals surface area (Å²) in [6.07, 6.45) is 0.969. The number of carbonyl (C=O) groups is 3. The van der Waals surface area contributed by atoms with Gasteiger partial charge in [-0.2, -0.15) is 0 Å². The average molecular weight is 315 g/mol. The molecule has 0 bridgehead atoms. The van der Waals surface area contributed by atoms with Crippen molar-refractivity contribution in [2.24, 2.45) is 0 Å². The highest BCUT2D eigenvalue weighted by Crippen LogP contribution is 2.22. The number of furan rings is 1. The van der Waals surface area contributed by atoms with E-state index < -0.39 is 12.0 Å². The van der Waals surface area contributed by atoms with Gasteiger partial charge >= 0.3 is 5.97 Å². The lowest BCUT2D eigenvalue weighted by Gasteiger charge is -2.15. The third-order valence-corrected chi connectivity index (χ3v) is 3.28. The fourth-order valence-corrected chi connectivity index (χ4v) is 2.19. The number of rotatable bonds is 6. The number of hydrogen-bond acceptors (Lipinski definition) is 5. The number of esters is 1. The van der Waals surface area contributed by atoms with Crippen molar-refractivity contribution in [1.29, 1.82) is 0 Å². The molecule has 120 valence electrons. The second-order valence-electron chi connectivity index (χ2n) is 5.00. The van der Waals surface area contributed by atoms with Crippen LogP contribution in [0.1, 0.15) is 23.0 Å². The van der Waals surface area contributed by atoms with Crippen LogP contribution >= 0.6 is 0 Å². The number of benzene rings is 1. The molecule has 0 aliphatic carbocycles. The second kappa shape index (κ2) is 7.40. The van der Waals surface area contributed by atoms with E-state index >= 15 is 0 Å². The van der Waals surface area contributed by atoms with Crippen LogP contribution in [0.15, 0.2) is 40.8 Å². The smallest absolute Gasteiger partial charge is 0.328 e. The van der Waals surface area contributed by atoms with Crippen LogP contribution in [0.2, 0.25) is 0 Å². The number of ether oxygens (including phenoxy) is 1. The lowest BCUT2D eigenvalue weighted by molar-refractivity contribution is -0.144. The predicted molar refractivity (Wildman–Crippen MR) is 82.9 cm³/mol. The van der Waals surface area contributed by atoms with E-state index in [-0.39, 0.29) is 11.7 Å². The maximum Gasteiger partial charge on any atom is 0.328 e. The molecule has 2 rings (SSSR count). The number of nitrogens with one attached hydrogen (secondary N) is 1. The van der Waals surface area contributed by atoms with Crippen LogP contribution in [0.4, 0.5) is 0 Å². The first kappa shape index (κ1) is 16.5. The van der Waals surface area contributed by atoms with Gasteiger partial charge in [0.15, 0.2) is 12.0 Å². The average Bonchev–Trinajstić information content (AvgIpc) is 3.03. The Hall–Kier alpha value is -2.89. The number of hydrogen-bond donors (Lipinski definition) is 1. The van der Waals surface area contributed by atoms with Gasteiger partial charge < -0.3 is 14.5 Å². The largest absolute Gasteiger partial charge is 0.467 e. The first-order chi connectivity index (χ1) is 11.0. The van der Waals surface area contributed by atoms with E-state index in [0.717, 1.165) is 11.1 Å². The van der Waals surface area contributed by atoms with Gasteiger partial charge in [0, 0.05) is 18.9 Å². The van der Waals surface area contributed by atoms with E-state index in [4.69, 9.17) is 9.15 Å². The molecule has 1 atom stereocenters. The standard InChI is InChI=1S/C17H17NO5/c1-11(20)18-15(17(21)22-2)9-12-3-5-13(6-4-12)16-8-7-14(10-19)23-16/h3-8,10,15H,9H2,1-2H3,(H,18,20). The zero-order chi connectivity index (χ0) is 16.8. The summed E-state index contributed by atoms with van der Waals surface area (Å²) in [6, 6.07) is 9.89. The molecule has 0 aliphatic heterocycles. The molecule has 0 saturated carbocycles. The van der Waals surface area contributed by atoms with Crippen molar-refractivity contribution in [3.8, 4) is 11.3 Å². The Morgan fingerprint density at radius 3 is 2.43 bits per heavy atom. The third kappa shape index (κ3) is 4.29. The fraction of sp³-hybridized carbons (Fsp3) is 0.235. The molecular formula is C17H17NO5. The molecule has 1 heterocycles. The lowest BCUT2D eigenvalue weighted by Crippen LogP contribution is -2.41. The van der Waals surface area contributed by atoms with Gasteiger partial charge in [0.1, 0.15) is 11.8 Å². The van der Waals surface area contributed by atoms with Crippen molar-refractivity contribution in [3.63, 3.8) is 0 Å². The summed E-state index contributed by atoms with van der Waals surface area (Å²) in [4.78, 5) is 33.5. The SMILES string of the molecule is COC(=O)C(Cc1ccc(-c2ccc(C=O)o2)cc1)NC(C)=O. The summed E-state index contributed by atoms with van der Waals surface area (Å²) < 4.78 is 10.0. The van der Waals surface area contributed by atoms with Crippen molar-refractivity contribution in [2.45, 2.75) is 19.4 Å². The normalized spacial score (nSPS) is 11.6. The lowest BCUT2D eigenvalue weighted by atomic mass is 10.0. The maximum absolute atomic E-state index is 11.7. The molecule has 0 radical (unpaired) electrons. The maximum atomic E-state index is 11.7. The van der Waals surface area contributed by atoms with Crippen LogP contribution < -0.4 is 5.32 Å². The molecule has 6 nitrogen and oxygen atoms in total. The number of carbonyl (C=O) groups excluding carboxylic acids is 3. The Labute approximate surface area is 133 Å². The first-order valence-corrected chi connectivity index (χ1v) is 7.02. The molecule has 0 spiro atoms. The molecule has 0 aliphatic rings. The monoisotopic (exact) mass is 315 g/mol. The predicted octanol–water partition coefficient (Wildman–Crippen LogP) is 1.98. The Bertz CT molecular complexity index is 702. The van der Waals surface area contributed by atoms with E-state index in [1.165, 1.54) is 14.0 Å².